The van der Waals surface area contributed by atoms with Gasteiger partial charge in [-0.05, 0) is 19.3 Å². The fourth-order valence-electron chi connectivity index (χ4n) is 2.06. The fraction of sp³-hybridized carbons (Fsp3) is 0.833. The Morgan fingerprint density at radius 1 is 1.29 bits per heavy atom. The van der Waals surface area contributed by atoms with Crippen molar-refractivity contribution in [2.75, 3.05) is 13.6 Å². The van der Waals surface area contributed by atoms with E-state index >= 15 is 0 Å². The topological polar surface area (TPSA) is 83.6 Å². The van der Waals surface area contributed by atoms with Crippen LogP contribution >= 0.6 is 0 Å². The number of carboxylic acid groups (broad SMARTS) is 1. The summed E-state index contributed by atoms with van der Waals surface area (Å²) in [6, 6.07) is -0.772. The van der Waals surface area contributed by atoms with Gasteiger partial charge in [0.05, 0.1) is 5.41 Å². The van der Waals surface area contributed by atoms with Crippen molar-refractivity contribution in [1.82, 2.24) is 4.90 Å². The highest BCUT2D eigenvalue weighted by Crippen LogP contribution is 2.28. The SMILES string of the molecule is CCC(C(=O)O)N(C)C(=O)C(CC)(CC)CN. The number of hydrogen-bond donors (Lipinski definition) is 2. The predicted molar refractivity (Wildman–Crippen MR) is 66.6 cm³/mol. The minimum Gasteiger partial charge on any atom is -0.480 e. The van der Waals surface area contributed by atoms with E-state index in [-0.39, 0.29) is 12.5 Å². The first-order valence-electron chi connectivity index (χ1n) is 6.10. The highest BCUT2D eigenvalue weighted by Gasteiger charge is 2.38. The Hall–Kier alpha value is -1.10. The zero-order valence-electron chi connectivity index (χ0n) is 11.2. The lowest BCUT2D eigenvalue weighted by Crippen LogP contribution is -2.51. The minimum absolute atomic E-state index is 0.167. The van der Waals surface area contributed by atoms with Gasteiger partial charge < -0.3 is 15.7 Å². The lowest BCUT2D eigenvalue weighted by Gasteiger charge is -2.35. The van der Waals surface area contributed by atoms with Crippen molar-refractivity contribution >= 4 is 11.9 Å². The Bertz CT molecular complexity index is 267. The number of nitrogens with two attached hydrogens (primary N) is 1. The van der Waals surface area contributed by atoms with Crippen LogP contribution in [0.25, 0.3) is 0 Å². The lowest BCUT2D eigenvalue weighted by molar-refractivity contribution is -0.154. The average molecular weight is 244 g/mol. The number of likely N-dealkylation sites (N-methyl/N-ethyl adjacent to an activating group) is 1. The summed E-state index contributed by atoms with van der Waals surface area (Å²) in [7, 11) is 1.54. The van der Waals surface area contributed by atoms with Crippen LogP contribution in [0.1, 0.15) is 40.0 Å². The Kier molecular flexibility index (Phi) is 6.16. The summed E-state index contributed by atoms with van der Waals surface area (Å²) < 4.78 is 0. The summed E-state index contributed by atoms with van der Waals surface area (Å²) in [6.45, 7) is 5.82. The number of carbonyl (C=O) groups is 2. The van der Waals surface area contributed by atoms with Crippen LogP contribution in [-0.4, -0.2) is 41.5 Å². The molecule has 0 rings (SSSR count). The van der Waals surface area contributed by atoms with Gasteiger partial charge in [0.25, 0.3) is 0 Å². The smallest absolute Gasteiger partial charge is 0.326 e. The zero-order chi connectivity index (χ0) is 13.6. The first kappa shape index (κ1) is 15.9. The van der Waals surface area contributed by atoms with Crippen molar-refractivity contribution < 1.29 is 14.7 Å². The molecule has 0 aromatic rings. The third-order valence-electron chi connectivity index (χ3n) is 3.66. The number of carbonyl (C=O) groups excluding carboxylic acids is 1. The molecule has 1 unspecified atom stereocenters. The van der Waals surface area contributed by atoms with Crippen molar-refractivity contribution in [3.05, 3.63) is 0 Å². The maximum Gasteiger partial charge on any atom is 0.326 e. The fourth-order valence-corrected chi connectivity index (χ4v) is 2.06. The zero-order valence-corrected chi connectivity index (χ0v) is 11.2. The molecule has 1 atom stereocenters. The highest BCUT2D eigenvalue weighted by molar-refractivity contribution is 5.87. The van der Waals surface area contributed by atoms with Gasteiger partial charge in [-0.2, -0.15) is 0 Å². The van der Waals surface area contributed by atoms with Gasteiger partial charge in [-0.15, -0.1) is 0 Å². The largest absolute Gasteiger partial charge is 0.480 e. The van der Waals surface area contributed by atoms with E-state index in [4.69, 9.17) is 10.8 Å². The molecule has 100 valence electrons. The monoisotopic (exact) mass is 244 g/mol. The van der Waals surface area contributed by atoms with Crippen molar-refractivity contribution in [2.45, 2.75) is 46.1 Å². The third-order valence-corrected chi connectivity index (χ3v) is 3.66. The molecular formula is C12H24N2O3. The van der Waals surface area contributed by atoms with E-state index in [0.29, 0.717) is 19.3 Å². The van der Waals surface area contributed by atoms with Gasteiger partial charge in [-0.25, -0.2) is 4.79 Å². The molecule has 0 fully saturated rings. The standard InChI is InChI=1S/C12H24N2O3/c1-5-9(10(15)16)14(4)11(17)12(6-2,7-3)8-13/h9H,5-8,13H2,1-4H3,(H,15,16). The van der Waals surface area contributed by atoms with Crippen LogP contribution in [0, 0.1) is 5.41 Å². The summed E-state index contributed by atoms with van der Waals surface area (Å²) in [6.07, 6.45) is 1.64. The van der Waals surface area contributed by atoms with E-state index in [1.807, 2.05) is 13.8 Å². The number of carboxylic acids is 1. The second-order valence-corrected chi connectivity index (χ2v) is 4.37. The number of hydrogen-bond acceptors (Lipinski definition) is 3. The average Bonchev–Trinajstić information content (AvgIpc) is 2.32. The van der Waals surface area contributed by atoms with Crippen LogP contribution in [0.4, 0.5) is 0 Å². The van der Waals surface area contributed by atoms with E-state index in [2.05, 4.69) is 0 Å². The second kappa shape index (κ2) is 6.59. The molecule has 1 amide bonds. The lowest BCUT2D eigenvalue weighted by atomic mass is 9.80. The normalized spacial score (nSPS) is 13.2. The van der Waals surface area contributed by atoms with Gasteiger partial charge in [-0.3, -0.25) is 4.79 Å². The summed E-state index contributed by atoms with van der Waals surface area (Å²) in [5.74, 6) is -1.14. The van der Waals surface area contributed by atoms with Crippen molar-refractivity contribution in [3.63, 3.8) is 0 Å². The van der Waals surface area contributed by atoms with Gasteiger partial charge in [0.1, 0.15) is 6.04 Å². The molecule has 0 aliphatic rings. The van der Waals surface area contributed by atoms with Gasteiger partial charge in [0, 0.05) is 13.6 Å². The predicted octanol–water partition coefficient (Wildman–Crippen LogP) is 1.07. The first-order valence-corrected chi connectivity index (χ1v) is 6.10. The number of rotatable bonds is 7. The molecule has 5 nitrogen and oxygen atoms in total. The van der Waals surface area contributed by atoms with Crippen LogP contribution in [0.15, 0.2) is 0 Å². The van der Waals surface area contributed by atoms with Gasteiger partial charge in [0.15, 0.2) is 0 Å². The quantitative estimate of drug-likeness (QED) is 0.701. The van der Waals surface area contributed by atoms with E-state index in [1.54, 1.807) is 14.0 Å². The van der Waals surface area contributed by atoms with Crippen LogP contribution in [0.5, 0.6) is 0 Å². The molecule has 3 N–H and O–H groups in total. The Morgan fingerprint density at radius 2 is 1.76 bits per heavy atom. The van der Waals surface area contributed by atoms with Crippen LogP contribution in [-0.2, 0) is 9.59 Å². The molecule has 0 heterocycles. The second-order valence-electron chi connectivity index (χ2n) is 4.37. The maximum atomic E-state index is 12.3. The maximum absolute atomic E-state index is 12.3. The molecule has 0 saturated carbocycles. The summed E-state index contributed by atoms with van der Waals surface area (Å²) in [4.78, 5) is 24.7. The van der Waals surface area contributed by atoms with E-state index in [0.717, 1.165) is 0 Å². The Morgan fingerprint density at radius 3 is 2.00 bits per heavy atom. The minimum atomic E-state index is -0.971. The van der Waals surface area contributed by atoms with Crippen molar-refractivity contribution in [1.29, 1.82) is 0 Å². The van der Waals surface area contributed by atoms with Crippen LogP contribution in [0.2, 0.25) is 0 Å². The van der Waals surface area contributed by atoms with Crippen LogP contribution in [0.3, 0.4) is 0 Å². The highest BCUT2D eigenvalue weighted by atomic mass is 16.4. The van der Waals surface area contributed by atoms with E-state index in [9.17, 15) is 9.59 Å². The van der Waals surface area contributed by atoms with Crippen molar-refractivity contribution in [3.8, 4) is 0 Å². The molecule has 0 saturated heterocycles. The molecule has 0 aromatic heterocycles. The number of amides is 1. The summed E-state index contributed by atoms with van der Waals surface area (Å²) in [5, 5.41) is 9.05. The van der Waals surface area contributed by atoms with E-state index < -0.39 is 17.4 Å². The molecule has 5 heteroatoms. The van der Waals surface area contributed by atoms with Crippen molar-refractivity contribution in [2.24, 2.45) is 11.1 Å². The molecule has 0 aliphatic carbocycles. The molecule has 0 spiro atoms. The third kappa shape index (κ3) is 3.19. The molecule has 0 aromatic carbocycles. The molecular weight excluding hydrogens is 220 g/mol. The van der Waals surface area contributed by atoms with E-state index in [1.165, 1.54) is 4.90 Å². The summed E-state index contributed by atoms with van der Waals surface area (Å²) in [5.41, 5.74) is 5.06. The molecule has 0 bridgehead atoms. The Labute approximate surface area is 103 Å². The summed E-state index contributed by atoms with van der Waals surface area (Å²) >= 11 is 0. The van der Waals surface area contributed by atoms with Gasteiger partial charge >= 0.3 is 5.97 Å². The first-order chi connectivity index (χ1) is 7.90. The Balaban J connectivity index is 5.07. The van der Waals surface area contributed by atoms with Crippen LogP contribution < -0.4 is 5.73 Å². The molecule has 17 heavy (non-hydrogen) atoms. The number of nitrogens with zero attached hydrogens (tertiary/aromatic N) is 1. The number of aliphatic carboxylic acids is 1. The van der Waals surface area contributed by atoms with Gasteiger partial charge in [0.2, 0.25) is 5.91 Å². The molecule has 0 radical (unpaired) electrons. The van der Waals surface area contributed by atoms with Gasteiger partial charge in [-0.1, -0.05) is 20.8 Å². The molecule has 0 aliphatic heterocycles.